The molecule has 0 N–H and O–H groups in total. The number of aromatic nitrogens is 3. The summed E-state index contributed by atoms with van der Waals surface area (Å²) in [6.45, 7) is 6.32. The van der Waals surface area contributed by atoms with Gasteiger partial charge in [-0.25, -0.2) is 0 Å². The van der Waals surface area contributed by atoms with Crippen LogP contribution < -0.4 is 0 Å². The lowest BCUT2D eigenvalue weighted by Gasteiger charge is -2.11. The molecule has 0 spiro atoms. The van der Waals surface area contributed by atoms with Crippen LogP contribution >= 0.6 is 15.9 Å². The fourth-order valence-electron chi connectivity index (χ4n) is 1.62. The van der Waals surface area contributed by atoms with E-state index >= 15 is 0 Å². The predicted octanol–water partition coefficient (Wildman–Crippen LogP) is 3.60. The molecule has 0 saturated heterocycles. The average molecular weight is 280 g/mol. The molecule has 0 radical (unpaired) electrons. The van der Waals surface area contributed by atoms with Gasteiger partial charge in [0, 0.05) is 16.1 Å². The molecule has 3 nitrogen and oxygen atoms in total. The van der Waals surface area contributed by atoms with Crippen molar-refractivity contribution < 1.29 is 0 Å². The summed E-state index contributed by atoms with van der Waals surface area (Å²) in [4.78, 5) is 0. The van der Waals surface area contributed by atoms with Gasteiger partial charge in [-0.3, -0.25) is 0 Å². The molecule has 0 bridgehead atoms. The van der Waals surface area contributed by atoms with Crippen LogP contribution in [0.3, 0.4) is 0 Å². The molecule has 0 aliphatic carbocycles. The molecular formula is C12H14BrN3. The van der Waals surface area contributed by atoms with E-state index in [0.29, 0.717) is 6.04 Å². The summed E-state index contributed by atoms with van der Waals surface area (Å²) >= 11 is 3.55. The van der Waals surface area contributed by atoms with Gasteiger partial charge in [-0.15, -0.1) is 10.2 Å². The Balaban J connectivity index is 2.58. The van der Waals surface area contributed by atoms with Gasteiger partial charge < -0.3 is 4.57 Å². The lowest BCUT2D eigenvalue weighted by Crippen LogP contribution is -2.02. The third-order valence-electron chi connectivity index (χ3n) is 2.49. The molecule has 2 aromatic rings. The molecule has 0 atom stereocenters. The molecule has 0 unspecified atom stereocenters. The van der Waals surface area contributed by atoms with E-state index in [2.05, 4.69) is 63.6 Å². The molecular weight excluding hydrogens is 266 g/mol. The fourth-order valence-corrected chi connectivity index (χ4v) is 2.05. The normalized spacial score (nSPS) is 11.1. The molecule has 0 amide bonds. The van der Waals surface area contributed by atoms with Crippen LogP contribution in [0.25, 0.3) is 11.4 Å². The van der Waals surface area contributed by atoms with Crippen molar-refractivity contribution in [2.75, 3.05) is 0 Å². The summed E-state index contributed by atoms with van der Waals surface area (Å²) < 4.78 is 3.12. The number of hydrogen-bond donors (Lipinski definition) is 0. The van der Waals surface area contributed by atoms with Crippen LogP contribution in [-0.4, -0.2) is 14.8 Å². The second-order valence-electron chi connectivity index (χ2n) is 4.14. The van der Waals surface area contributed by atoms with Gasteiger partial charge in [-0.1, -0.05) is 27.6 Å². The van der Waals surface area contributed by atoms with E-state index in [9.17, 15) is 0 Å². The molecule has 16 heavy (non-hydrogen) atoms. The zero-order valence-corrected chi connectivity index (χ0v) is 11.2. The molecule has 0 aliphatic rings. The quantitative estimate of drug-likeness (QED) is 0.841. The first-order chi connectivity index (χ1) is 7.59. The molecule has 1 heterocycles. The van der Waals surface area contributed by atoms with Gasteiger partial charge in [0.15, 0.2) is 5.82 Å². The van der Waals surface area contributed by atoms with Crippen molar-refractivity contribution in [3.63, 3.8) is 0 Å². The van der Waals surface area contributed by atoms with Crippen LogP contribution in [0, 0.1) is 6.92 Å². The molecule has 84 valence electrons. The summed E-state index contributed by atoms with van der Waals surface area (Å²) in [5.41, 5.74) is 2.31. The SMILES string of the molecule is Cc1ccc(Br)c(-c2nncn2C(C)C)c1. The topological polar surface area (TPSA) is 30.7 Å². The fraction of sp³-hybridized carbons (Fsp3) is 0.333. The van der Waals surface area contributed by atoms with E-state index in [1.54, 1.807) is 6.33 Å². The number of nitrogens with zero attached hydrogens (tertiary/aromatic N) is 3. The first-order valence-electron chi connectivity index (χ1n) is 5.25. The maximum Gasteiger partial charge on any atom is 0.165 e. The average Bonchev–Trinajstić information content (AvgIpc) is 2.70. The molecule has 1 aromatic heterocycles. The maximum atomic E-state index is 4.19. The minimum atomic E-state index is 0.359. The molecule has 0 saturated carbocycles. The molecule has 0 aliphatic heterocycles. The number of aryl methyl sites for hydroxylation is 1. The third-order valence-corrected chi connectivity index (χ3v) is 3.18. The van der Waals surface area contributed by atoms with Crippen LogP contribution in [0.5, 0.6) is 0 Å². The Morgan fingerprint density at radius 1 is 1.31 bits per heavy atom. The Labute approximate surface area is 104 Å². The van der Waals surface area contributed by atoms with Crippen LogP contribution in [0.1, 0.15) is 25.5 Å². The molecule has 4 heteroatoms. The van der Waals surface area contributed by atoms with E-state index in [1.165, 1.54) is 5.56 Å². The van der Waals surface area contributed by atoms with Crippen molar-refractivity contribution in [3.8, 4) is 11.4 Å². The molecule has 0 fully saturated rings. The Bertz CT molecular complexity index is 503. The Morgan fingerprint density at radius 3 is 2.75 bits per heavy atom. The lowest BCUT2D eigenvalue weighted by molar-refractivity contribution is 0.604. The summed E-state index contributed by atoms with van der Waals surface area (Å²) in [6.07, 6.45) is 1.77. The first kappa shape index (κ1) is 11.3. The van der Waals surface area contributed by atoms with Gasteiger partial charge >= 0.3 is 0 Å². The number of rotatable bonds is 2. The highest BCUT2D eigenvalue weighted by molar-refractivity contribution is 9.10. The van der Waals surface area contributed by atoms with Crippen LogP contribution in [0.2, 0.25) is 0 Å². The van der Waals surface area contributed by atoms with Crippen LogP contribution in [-0.2, 0) is 0 Å². The second kappa shape index (κ2) is 4.37. The van der Waals surface area contributed by atoms with Gasteiger partial charge in [0.2, 0.25) is 0 Å². The number of hydrogen-bond acceptors (Lipinski definition) is 2. The summed E-state index contributed by atoms with van der Waals surface area (Å²) in [6, 6.07) is 6.60. The monoisotopic (exact) mass is 279 g/mol. The minimum absolute atomic E-state index is 0.359. The van der Waals surface area contributed by atoms with Gasteiger partial charge in [-0.2, -0.15) is 0 Å². The van der Waals surface area contributed by atoms with Crippen molar-refractivity contribution in [1.82, 2.24) is 14.8 Å². The lowest BCUT2D eigenvalue weighted by atomic mass is 10.1. The predicted molar refractivity (Wildman–Crippen MR) is 68.3 cm³/mol. The van der Waals surface area contributed by atoms with Crippen molar-refractivity contribution >= 4 is 15.9 Å². The van der Waals surface area contributed by atoms with E-state index < -0.39 is 0 Å². The Kier molecular flexibility index (Phi) is 3.10. The van der Waals surface area contributed by atoms with Crippen LogP contribution in [0.15, 0.2) is 29.0 Å². The molecule has 2 rings (SSSR count). The number of halogens is 1. The summed E-state index contributed by atoms with van der Waals surface area (Å²) in [5, 5.41) is 8.18. The standard InChI is InChI=1S/C12H14BrN3/c1-8(2)16-7-14-15-12(16)10-6-9(3)4-5-11(10)13/h4-8H,1-3H3. The van der Waals surface area contributed by atoms with Gasteiger partial charge in [0.1, 0.15) is 6.33 Å². The highest BCUT2D eigenvalue weighted by Crippen LogP contribution is 2.28. The van der Waals surface area contributed by atoms with Crippen molar-refractivity contribution in [2.24, 2.45) is 0 Å². The minimum Gasteiger partial charge on any atom is -0.311 e. The van der Waals surface area contributed by atoms with Crippen molar-refractivity contribution in [3.05, 3.63) is 34.6 Å². The van der Waals surface area contributed by atoms with E-state index in [0.717, 1.165) is 15.9 Å². The molecule has 1 aromatic carbocycles. The highest BCUT2D eigenvalue weighted by Gasteiger charge is 2.12. The zero-order valence-electron chi connectivity index (χ0n) is 9.61. The third kappa shape index (κ3) is 2.02. The van der Waals surface area contributed by atoms with Gasteiger partial charge in [0.05, 0.1) is 0 Å². The largest absolute Gasteiger partial charge is 0.311 e. The van der Waals surface area contributed by atoms with Crippen molar-refractivity contribution in [2.45, 2.75) is 26.8 Å². The zero-order chi connectivity index (χ0) is 11.7. The van der Waals surface area contributed by atoms with Gasteiger partial charge in [0.25, 0.3) is 0 Å². The van der Waals surface area contributed by atoms with Crippen LogP contribution in [0.4, 0.5) is 0 Å². The smallest absolute Gasteiger partial charge is 0.165 e. The first-order valence-corrected chi connectivity index (χ1v) is 6.05. The summed E-state index contributed by atoms with van der Waals surface area (Å²) in [7, 11) is 0. The maximum absolute atomic E-state index is 4.19. The summed E-state index contributed by atoms with van der Waals surface area (Å²) in [5.74, 6) is 0.908. The number of benzene rings is 1. The van der Waals surface area contributed by atoms with E-state index in [-0.39, 0.29) is 0 Å². The van der Waals surface area contributed by atoms with Crippen molar-refractivity contribution in [1.29, 1.82) is 0 Å². The Hall–Kier alpha value is -1.16. The van der Waals surface area contributed by atoms with Gasteiger partial charge in [-0.05, 0) is 32.9 Å². The second-order valence-corrected chi connectivity index (χ2v) is 4.99. The van der Waals surface area contributed by atoms with E-state index in [1.807, 2.05) is 6.07 Å². The van der Waals surface area contributed by atoms with E-state index in [4.69, 9.17) is 0 Å². The Morgan fingerprint density at radius 2 is 2.06 bits per heavy atom. The highest BCUT2D eigenvalue weighted by atomic mass is 79.9.